The lowest BCUT2D eigenvalue weighted by molar-refractivity contribution is -0.371. The summed E-state index contributed by atoms with van der Waals surface area (Å²) in [6.07, 6.45) is -63.9. The van der Waals surface area contributed by atoms with Crippen molar-refractivity contribution in [3.05, 3.63) is 11.8 Å². The predicted molar refractivity (Wildman–Crippen MR) is 277 cm³/mol. The molecular formula is C42H63N3O45S4. The molecule has 27 atom stereocenters. The molecule has 19 N–H and O–H groups in total. The van der Waals surface area contributed by atoms with Crippen molar-refractivity contribution >= 4 is 83.5 Å². The molecule has 5 aliphatic rings. The van der Waals surface area contributed by atoms with E-state index in [9.17, 15) is 142 Å². The number of hydrogen-bond acceptors (Lipinski definition) is 38. The Hall–Kier alpha value is -5.21. The minimum absolute atomic E-state index is 0.183. The molecule has 0 spiro atoms. The van der Waals surface area contributed by atoms with Gasteiger partial charge in [-0.25, -0.2) is 31.1 Å². The van der Waals surface area contributed by atoms with Crippen LogP contribution in [0.1, 0.15) is 20.8 Å². The van der Waals surface area contributed by atoms with Gasteiger partial charge < -0.3 is 129 Å². The summed E-state index contributed by atoms with van der Waals surface area (Å²) < 4.78 is 206. The fraction of sp³-hybridized carbons (Fsp3) is 0.786. The number of ether oxygens (including phenoxy) is 10. The Morgan fingerprint density at radius 3 is 1.50 bits per heavy atom. The second-order valence-electron chi connectivity index (χ2n) is 20.3. The lowest BCUT2D eigenvalue weighted by Gasteiger charge is -2.50. The van der Waals surface area contributed by atoms with Gasteiger partial charge in [0.25, 0.3) is 0 Å². The van der Waals surface area contributed by atoms with Crippen LogP contribution in [0.3, 0.4) is 0 Å². The van der Waals surface area contributed by atoms with Crippen molar-refractivity contribution in [2.45, 2.75) is 186 Å². The number of aliphatic hydroxyl groups excluding tert-OH is 9. The highest BCUT2D eigenvalue weighted by atomic mass is 32.3. The fourth-order valence-corrected chi connectivity index (χ4v) is 11.2. The zero-order chi connectivity index (χ0) is 71.2. The summed E-state index contributed by atoms with van der Waals surface area (Å²) in [5.74, 6) is -11.3. The van der Waals surface area contributed by atoms with Crippen LogP contribution < -0.4 is 16.0 Å². The fourth-order valence-electron chi connectivity index (χ4n) is 9.61. The number of hydrogen-bond donors (Lipinski definition) is 19. The second kappa shape index (κ2) is 32.4. The molecule has 540 valence electrons. The number of carbonyl (C=O) groups is 7. The average molecular weight is 1460 g/mol. The van der Waals surface area contributed by atoms with Crippen molar-refractivity contribution in [2.24, 2.45) is 0 Å². The number of rotatable bonds is 31. The molecule has 94 heavy (non-hydrogen) atoms. The van der Waals surface area contributed by atoms with E-state index in [-0.39, 0.29) is 6.29 Å². The van der Waals surface area contributed by atoms with Crippen molar-refractivity contribution in [3.8, 4) is 0 Å². The Balaban J connectivity index is 1.58. The molecule has 0 bridgehead atoms. The molecule has 4 saturated heterocycles. The van der Waals surface area contributed by atoms with Crippen molar-refractivity contribution in [3.63, 3.8) is 0 Å². The standard InChI is InChI=1S/C42H63N3O45S4/c1-9(48)43-12(5-46)26(20(53)14(52)7-77-91(65,66)67)82-41-24(57)23(56)30(33(87-41)36(61)62)85-38-18(44-10(2)49)28(22(55)17(81-38)8-78-92(68,69)70)83-42-32(90-94(74,75)76)25(58)31(34(88-42)37(63)64)86-39-19(45-11(3)50)29(27(16(6-47)80-39)89-93(71,72)73)84-40-21(54)13(51)4-15(79-40)35(59)60/h4-5,12-14,16-34,38-42,47,51-58H,6-8H2,1-3H3,(H,43,48)(H,44,49)(H,45,50)(H,59,60)(H,61,62)(H,63,64)(H,65,66,67)(H,68,69,70)(H,71,72,73)(H,74,75,76)/t12-,13-,14+,16+,17+,18+,19+,20-,21+,22-,23+,24+,25-,26+,27-,28+,29+,30-,31-,32+,33-,34-,38-,39-,40+,41+,42+/m0/s1. The molecule has 52 heteroatoms. The van der Waals surface area contributed by atoms with Crippen LogP contribution >= 0.6 is 0 Å². The van der Waals surface area contributed by atoms with E-state index >= 15 is 0 Å². The third-order valence-corrected chi connectivity index (χ3v) is 15.3. The number of aldehydes is 1. The summed E-state index contributed by atoms with van der Waals surface area (Å²) in [4.78, 5) is 88.0. The third-order valence-electron chi connectivity index (χ3n) is 13.5. The summed E-state index contributed by atoms with van der Waals surface area (Å²) in [5.41, 5.74) is 0. The van der Waals surface area contributed by atoms with Gasteiger partial charge in [-0.15, -0.1) is 0 Å². The van der Waals surface area contributed by atoms with Crippen LogP contribution in [0, 0.1) is 0 Å². The van der Waals surface area contributed by atoms with Crippen LogP contribution in [0.15, 0.2) is 11.8 Å². The van der Waals surface area contributed by atoms with Gasteiger partial charge >= 0.3 is 59.5 Å². The van der Waals surface area contributed by atoms with E-state index in [1.807, 2.05) is 16.0 Å². The van der Waals surface area contributed by atoms with Crippen molar-refractivity contribution in [1.29, 1.82) is 0 Å². The van der Waals surface area contributed by atoms with E-state index in [1.54, 1.807) is 0 Å². The first kappa shape index (κ1) is 79.5. The molecule has 0 aromatic heterocycles. The lowest BCUT2D eigenvalue weighted by atomic mass is 9.93. The minimum atomic E-state index is -6.10. The predicted octanol–water partition coefficient (Wildman–Crippen LogP) is -13.1. The van der Waals surface area contributed by atoms with Crippen LogP contribution in [0.2, 0.25) is 0 Å². The van der Waals surface area contributed by atoms with Gasteiger partial charge in [-0.05, 0) is 6.08 Å². The van der Waals surface area contributed by atoms with Gasteiger partial charge in [0.2, 0.25) is 29.8 Å². The maximum Gasteiger partial charge on any atom is 0.397 e. The van der Waals surface area contributed by atoms with Crippen molar-refractivity contribution < 1.29 is 211 Å². The number of carboxylic acid groups (broad SMARTS) is 3. The van der Waals surface area contributed by atoms with Gasteiger partial charge in [0.15, 0.2) is 43.5 Å². The summed E-state index contributed by atoms with van der Waals surface area (Å²) in [5, 5.41) is 136. The number of amides is 3. The highest BCUT2D eigenvalue weighted by Crippen LogP contribution is 2.38. The highest BCUT2D eigenvalue weighted by Gasteiger charge is 2.61. The Bertz CT molecular complexity index is 3200. The second-order valence-corrected chi connectivity index (χ2v) is 24.6. The maximum absolute atomic E-state index is 13.2. The van der Waals surface area contributed by atoms with Crippen LogP contribution in [0.4, 0.5) is 0 Å². The van der Waals surface area contributed by atoms with E-state index in [0.717, 1.165) is 6.92 Å². The smallest absolute Gasteiger partial charge is 0.397 e. The van der Waals surface area contributed by atoms with Crippen LogP contribution in [-0.4, -0.2) is 340 Å². The topological polar surface area (TPSA) is 745 Å². The van der Waals surface area contributed by atoms with Crippen LogP contribution in [0.25, 0.3) is 0 Å². The Morgan fingerprint density at radius 2 is 1.03 bits per heavy atom. The van der Waals surface area contributed by atoms with Gasteiger partial charge in [-0.2, -0.15) is 33.7 Å². The SMILES string of the molecule is CC(=O)N[C@H]1[C@H](O[C@H]2[C@H](O)[C@@H](OS(=O)(=O)O)[C@H](O[C@H]3[C@@H](O)[C@@H](COS(=O)(=O)O)O[C@@H](O[C@H]4[C@H](O)[C@@H](O)[C@H](O[C@@H]([C@@H](O)[C@H](O)COS(=O)(=O)O)[C@H](C=O)NC(C)=O)O[C@@H]4C(=O)O)[C@@H]3NC(C)=O)O[C@@H]2C(=O)O)O[C@H](CO)[C@H](OS(=O)(=O)O)[C@@H]1O[C@H]1OC(C(=O)O)=C[C@H](O)[C@H]1O. The third kappa shape index (κ3) is 21.4. The molecule has 0 aliphatic carbocycles. The minimum Gasteiger partial charge on any atom is -0.479 e. The van der Waals surface area contributed by atoms with E-state index < -0.39 is 268 Å². The van der Waals surface area contributed by atoms with Crippen molar-refractivity contribution in [1.82, 2.24) is 16.0 Å². The molecule has 0 unspecified atom stereocenters. The molecule has 0 saturated carbocycles. The first-order valence-corrected chi connectivity index (χ1v) is 31.6. The van der Waals surface area contributed by atoms with Crippen molar-refractivity contribution in [2.75, 3.05) is 19.8 Å². The van der Waals surface area contributed by atoms with E-state index in [2.05, 4.69) is 16.7 Å². The first-order valence-electron chi connectivity index (χ1n) is 26.1. The molecule has 5 aliphatic heterocycles. The molecular weight excluding hydrogens is 1390 g/mol. The lowest BCUT2D eigenvalue weighted by Crippen LogP contribution is -2.71. The van der Waals surface area contributed by atoms with Crippen LogP contribution in [-0.2, 0) is 139 Å². The van der Waals surface area contributed by atoms with E-state index in [0.29, 0.717) is 19.9 Å². The zero-order valence-electron chi connectivity index (χ0n) is 47.5. The summed E-state index contributed by atoms with van der Waals surface area (Å²) >= 11 is 0. The van der Waals surface area contributed by atoms with Gasteiger partial charge in [0.05, 0.1) is 19.8 Å². The number of carbonyl (C=O) groups excluding carboxylic acids is 4. The van der Waals surface area contributed by atoms with Gasteiger partial charge in [0, 0.05) is 20.8 Å². The number of aliphatic hydroxyl groups is 9. The molecule has 0 radical (unpaired) electrons. The Kier molecular flexibility index (Phi) is 27.4. The molecule has 0 aromatic carbocycles. The molecule has 0 aromatic rings. The zero-order valence-corrected chi connectivity index (χ0v) is 50.8. The molecule has 48 nitrogen and oxygen atoms in total. The molecule has 5 heterocycles. The van der Waals surface area contributed by atoms with E-state index in [4.69, 9.17) is 51.9 Å². The summed E-state index contributed by atoms with van der Waals surface area (Å²) in [6, 6.07) is -7.02. The molecule has 3 amide bonds. The van der Waals surface area contributed by atoms with Gasteiger partial charge in [-0.3, -0.25) is 32.6 Å². The Labute approximate surface area is 526 Å². The number of nitrogens with one attached hydrogen (secondary N) is 3. The monoisotopic (exact) mass is 1460 g/mol. The molecule has 4 fully saturated rings. The Morgan fingerprint density at radius 1 is 0.553 bits per heavy atom. The van der Waals surface area contributed by atoms with Crippen LogP contribution in [0.5, 0.6) is 0 Å². The quantitative estimate of drug-likeness (QED) is 0.0226. The maximum atomic E-state index is 13.2. The number of carboxylic acids is 3. The largest absolute Gasteiger partial charge is 0.479 e. The van der Waals surface area contributed by atoms with Gasteiger partial charge in [-0.1, -0.05) is 0 Å². The van der Waals surface area contributed by atoms with Gasteiger partial charge in [0.1, 0.15) is 122 Å². The highest BCUT2D eigenvalue weighted by molar-refractivity contribution is 7.81. The summed E-state index contributed by atoms with van der Waals surface area (Å²) in [6.45, 7) is -2.49. The normalized spacial score (nSPS) is 36.4. The van der Waals surface area contributed by atoms with E-state index in [1.165, 1.54) is 0 Å². The molecule has 5 rings (SSSR count). The average Bonchev–Trinajstić information content (AvgIpc) is 0.768. The first-order chi connectivity index (χ1) is 43.3. The number of aliphatic carboxylic acids is 3. The summed E-state index contributed by atoms with van der Waals surface area (Å²) in [7, 11) is -22.9.